The molecular formula is C33H36N4O4. The van der Waals surface area contributed by atoms with Crippen molar-refractivity contribution in [2.45, 2.75) is 45.9 Å². The van der Waals surface area contributed by atoms with Crippen molar-refractivity contribution in [2.75, 3.05) is 13.1 Å². The summed E-state index contributed by atoms with van der Waals surface area (Å²) >= 11 is 0. The van der Waals surface area contributed by atoms with E-state index in [4.69, 9.17) is 9.15 Å². The molecule has 1 fully saturated rings. The number of aromatic nitrogens is 1. The van der Waals surface area contributed by atoms with Crippen LogP contribution in [0.4, 0.5) is 0 Å². The number of carbonyl (C=O) groups excluding carboxylic acids is 2. The number of para-hydroxylation sites is 1. The van der Waals surface area contributed by atoms with Gasteiger partial charge in [0.15, 0.2) is 0 Å². The minimum Gasteiger partial charge on any atom is -0.464 e. The lowest BCUT2D eigenvalue weighted by Gasteiger charge is -2.45. The highest BCUT2D eigenvalue weighted by Crippen LogP contribution is 2.28. The number of benzene rings is 2. The highest BCUT2D eigenvalue weighted by molar-refractivity contribution is 5.89. The van der Waals surface area contributed by atoms with Gasteiger partial charge in [-0.2, -0.15) is 0 Å². The van der Waals surface area contributed by atoms with Gasteiger partial charge < -0.3 is 19.4 Å². The number of ether oxygens (including phenoxy) is 1. The first-order valence-electron chi connectivity index (χ1n) is 14.0. The number of carbonyl (C=O) groups is 2. The maximum atomic E-state index is 13.6. The average molecular weight is 553 g/mol. The van der Waals surface area contributed by atoms with Crippen LogP contribution in [-0.2, 0) is 22.7 Å². The molecule has 8 nitrogen and oxygen atoms in total. The number of rotatable bonds is 9. The number of hydrogen-bond donors (Lipinski definition) is 1. The highest BCUT2D eigenvalue weighted by atomic mass is 16.5. The van der Waals surface area contributed by atoms with Crippen LogP contribution in [-0.4, -0.2) is 51.8 Å². The number of nitrogens with one attached hydrogen (secondary N) is 1. The van der Waals surface area contributed by atoms with Crippen LogP contribution in [0.3, 0.4) is 0 Å². The van der Waals surface area contributed by atoms with Crippen molar-refractivity contribution in [3.05, 3.63) is 103 Å². The fraction of sp³-hybridized carbons (Fsp3) is 0.303. The van der Waals surface area contributed by atoms with Crippen LogP contribution in [0.5, 0.6) is 11.5 Å². The lowest BCUT2D eigenvalue weighted by Crippen LogP contribution is -2.64. The lowest BCUT2D eigenvalue weighted by molar-refractivity contribution is -0.150. The second-order valence-corrected chi connectivity index (χ2v) is 10.7. The molecule has 1 saturated heterocycles. The van der Waals surface area contributed by atoms with Gasteiger partial charge in [0.05, 0.1) is 6.26 Å². The van der Waals surface area contributed by atoms with Gasteiger partial charge in [-0.05, 0) is 42.8 Å². The van der Waals surface area contributed by atoms with E-state index in [1.165, 1.54) is 0 Å². The fourth-order valence-electron chi connectivity index (χ4n) is 5.23. The van der Waals surface area contributed by atoms with E-state index in [1.54, 1.807) is 23.6 Å². The zero-order valence-corrected chi connectivity index (χ0v) is 23.7. The second kappa shape index (κ2) is 12.8. The van der Waals surface area contributed by atoms with Crippen molar-refractivity contribution in [1.29, 1.82) is 0 Å². The van der Waals surface area contributed by atoms with Crippen molar-refractivity contribution in [2.24, 2.45) is 5.92 Å². The number of amides is 2. The van der Waals surface area contributed by atoms with Crippen LogP contribution < -0.4 is 10.1 Å². The van der Waals surface area contributed by atoms with Crippen LogP contribution in [0.1, 0.15) is 31.9 Å². The van der Waals surface area contributed by atoms with Crippen molar-refractivity contribution in [3.63, 3.8) is 0 Å². The number of piperazine rings is 1. The molecule has 0 aliphatic carbocycles. The molecule has 2 atom stereocenters. The van der Waals surface area contributed by atoms with E-state index in [-0.39, 0.29) is 23.8 Å². The normalized spacial score (nSPS) is 17.4. The Kier molecular flexibility index (Phi) is 8.79. The molecule has 1 aliphatic heterocycles. The van der Waals surface area contributed by atoms with E-state index in [0.717, 1.165) is 28.2 Å². The SMILES string of the molecule is CC(C)C(=O)N1C(C)CN(Cc2ccccc2Oc2ccncc2)CC1C(=O)NCc1ccc(-c2ccco2)cc1. The Morgan fingerprint density at radius 1 is 1.00 bits per heavy atom. The Labute approximate surface area is 240 Å². The third-order valence-corrected chi connectivity index (χ3v) is 7.29. The predicted molar refractivity (Wildman–Crippen MR) is 157 cm³/mol. The largest absolute Gasteiger partial charge is 0.464 e. The van der Waals surface area contributed by atoms with Gasteiger partial charge in [0.25, 0.3) is 0 Å². The van der Waals surface area contributed by atoms with Gasteiger partial charge in [-0.25, -0.2) is 0 Å². The summed E-state index contributed by atoms with van der Waals surface area (Å²) in [5, 5.41) is 3.08. The van der Waals surface area contributed by atoms with E-state index >= 15 is 0 Å². The molecule has 8 heteroatoms. The molecule has 2 amide bonds. The molecule has 0 bridgehead atoms. The van der Waals surface area contributed by atoms with Gasteiger partial charge >= 0.3 is 0 Å². The molecule has 3 heterocycles. The quantitative estimate of drug-likeness (QED) is 0.295. The second-order valence-electron chi connectivity index (χ2n) is 10.7. The lowest BCUT2D eigenvalue weighted by atomic mass is 10.0. The van der Waals surface area contributed by atoms with Crippen LogP contribution >= 0.6 is 0 Å². The molecule has 2 aromatic heterocycles. The van der Waals surface area contributed by atoms with Gasteiger partial charge in [-0.3, -0.25) is 19.5 Å². The number of furan rings is 1. The van der Waals surface area contributed by atoms with Gasteiger partial charge in [0, 0.05) is 61.7 Å². The molecular weight excluding hydrogens is 516 g/mol. The summed E-state index contributed by atoms with van der Waals surface area (Å²) in [4.78, 5) is 35.0. The molecule has 5 rings (SSSR count). The molecule has 4 aromatic rings. The van der Waals surface area contributed by atoms with E-state index in [2.05, 4.69) is 15.2 Å². The van der Waals surface area contributed by atoms with Gasteiger partial charge in [0.2, 0.25) is 11.8 Å². The van der Waals surface area contributed by atoms with E-state index in [1.807, 2.05) is 93.6 Å². The van der Waals surface area contributed by atoms with Crippen molar-refractivity contribution >= 4 is 11.8 Å². The summed E-state index contributed by atoms with van der Waals surface area (Å²) in [5.41, 5.74) is 2.96. The first kappa shape index (κ1) is 28.1. The molecule has 0 radical (unpaired) electrons. The maximum absolute atomic E-state index is 13.6. The minimum atomic E-state index is -0.607. The van der Waals surface area contributed by atoms with Gasteiger partial charge in [0.1, 0.15) is 23.3 Å². The van der Waals surface area contributed by atoms with Crippen LogP contribution in [0.25, 0.3) is 11.3 Å². The van der Waals surface area contributed by atoms with E-state index in [0.29, 0.717) is 31.9 Å². The summed E-state index contributed by atoms with van der Waals surface area (Å²) in [6.45, 7) is 7.81. The molecule has 0 spiro atoms. The average Bonchev–Trinajstić information content (AvgIpc) is 3.52. The minimum absolute atomic E-state index is 0.0125. The Morgan fingerprint density at radius 2 is 1.76 bits per heavy atom. The third-order valence-electron chi connectivity index (χ3n) is 7.29. The number of pyridine rings is 1. The first-order valence-corrected chi connectivity index (χ1v) is 14.0. The van der Waals surface area contributed by atoms with Crippen LogP contribution in [0.15, 0.2) is 95.9 Å². The van der Waals surface area contributed by atoms with Crippen molar-refractivity contribution in [1.82, 2.24) is 20.1 Å². The molecule has 2 aromatic carbocycles. The monoisotopic (exact) mass is 552 g/mol. The number of nitrogens with zero attached hydrogens (tertiary/aromatic N) is 3. The fourth-order valence-corrected chi connectivity index (χ4v) is 5.23. The Balaban J connectivity index is 1.30. The Bertz CT molecular complexity index is 1440. The summed E-state index contributed by atoms with van der Waals surface area (Å²) in [7, 11) is 0. The molecule has 1 N–H and O–H groups in total. The molecule has 212 valence electrons. The zero-order valence-electron chi connectivity index (χ0n) is 23.7. The zero-order chi connectivity index (χ0) is 28.8. The summed E-state index contributed by atoms with van der Waals surface area (Å²) in [6, 6.07) is 22.5. The standard InChI is InChI=1S/C33H36N4O4/c1-23(2)33(39)37-24(3)20-36(21-27-7-4-5-8-31(27)41-28-14-16-34-17-15-28)22-29(37)32(38)35-19-25-10-12-26(13-11-25)30-9-6-18-40-30/h4-18,23-24,29H,19-22H2,1-3H3,(H,35,38). The molecule has 0 saturated carbocycles. The van der Waals surface area contributed by atoms with Gasteiger partial charge in [-0.15, -0.1) is 0 Å². The van der Waals surface area contributed by atoms with E-state index < -0.39 is 6.04 Å². The van der Waals surface area contributed by atoms with Crippen LogP contribution in [0.2, 0.25) is 0 Å². The van der Waals surface area contributed by atoms with Crippen molar-refractivity contribution < 1.29 is 18.7 Å². The first-order chi connectivity index (χ1) is 19.9. The Morgan fingerprint density at radius 3 is 2.46 bits per heavy atom. The van der Waals surface area contributed by atoms with Crippen molar-refractivity contribution in [3.8, 4) is 22.8 Å². The molecule has 1 aliphatic rings. The van der Waals surface area contributed by atoms with E-state index in [9.17, 15) is 9.59 Å². The molecule has 2 unspecified atom stereocenters. The number of hydrogen-bond acceptors (Lipinski definition) is 6. The van der Waals surface area contributed by atoms with Gasteiger partial charge in [-0.1, -0.05) is 56.3 Å². The molecule has 41 heavy (non-hydrogen) atoms. The summed E-state index contributed by atoms with van der Waals surface area (Å²) in [6.07, 6.45) is 5.04. The van der Waals surface area contributed by atoms with Crippen LogP contribution in [0, 0.1) is 5.92 Å². The maximum Gasteiger partial charge on any atom is 0.244 e. The predicted octanol–water partition coefficient (Wildman–Crippen LogP) is 5.51. The topological polar surface area (TPSA) is 87.9 Å². The summed E-state index contributed by atoms with van der Waals surface area (Å²) in [5.74, 6) is 1.89. The smallest absolute Gasteiger partial charge is 0.244 e. The third kappa shape index (κ3) is 6.84. The Hall–Kier alpha value is -4.43. The summed E-state index contributed by atoms with van der Waals surface area (Å²) < 4.78 is 11.6. The highest BCUT2D eigenvalue weighted by Gasteiger charge is 2.40.